The van der Waals surface area contributed by atoms with Gasteiger partial charge in [-0.05, 0) is 36.5 Å². The highest BCUT2D eigenvalue weighted by Crippen LogP contribution is 2.19. The highest BCUT2D eigenvalue weighted by atomic mass is 16.4. The Morgan fingerprint density at radius 1 is 0.878 bits per heavy atom. The number of aromatic nitrogens is 1. The zero-order chi connectivity index (χ0) is 29.8. The largest absolute Gasteiger partial charge is 0.480 e. The molecule has 0 saturated heterocycles. The van der Waals surface area contributed by atoms with E-state index in [1.807, 2.05) is 54.6 Å². The normalized spacial score (nSPS) is 13.0. The van der Waals surface area contributed by atoms with Crippen molar-refractivity contribution in [2.45, 2.75) is 43.8 Å². The molecule has 0 aliphatic heterocycles. The van der Waals surface area contributed by atoms with Gasteiger partial charge in [-0.2, -0.15) is 0 Å². The second-order valence-corrected chi connectivity index (χ2v) is 9.54. The number of hydrogen-bond acceptors (Lipinski definition) is 6. The van der Waals surface area contributed by atoms with E-state index in [0.717, 1.165) is 22.0 Å². The van der Waals surface area contributed by atoms with E-state index < -0.39 is 48.4 Å². The van der Waals surface area contributed by atoms with Gasteiger partial charge in [-0.3, -0.25) is 24.2 Å². The lowest BCUT2D eigenvalue weighted by molar-refractivity contribution is -0.138. The van der Waals surface area contributed by atoms with E-state index >= 15 is 0 Å². The summed E-state index contributed by atoms with van der Waals surface area (Å²) in [5.74, 6) is -3.19. The van der Waals surface area contributed by atoms with Crippen LogP contribution in [0.4, 0.5) is 0 Å². The average Bonchev–Trinajstić information content (AvgIpc) is 3.35. The summed E-state index contributed by atoms with van der Waals surface area (Å²) in [5.41, 5.74) is 19.4. The Balaban J connectivity index is 1.77. The van der Waals surface area contributed by atoms with Crippen LogP contribution in [-0.2, 0) is 32.0 Å². The first-order valence-electron chi connectivity index (χ1n) is 13.1. The number of carbonyl (C=O) groups excluding carboxylic acids is 3. The lowest BCUT2D eigenvalue weighted by Gasteiger charge is -2.24. The van der Waals surface area contributed by atoms with E-state index in [9.17, 15) is 19.2 Å². The van der Waals surface area contributed by atoms with Crippen LogP contribution < -0.4 is 33.2 Å². The fourth-order valence-electron chi connectivity index (χ4n) is 4.30. The van der Waals surface area contributed by atoms with E-state index in [2.05, 4.69) is 25.9 Å². The first-order valence-corrected chi connectivity index (χ1v) is 13.1. The number of carbonyl (C=O) groups is 4. The minimum absolute atomic E-state index is 0.0728. The van der Waals surface area contributed by atoms with Crippen molar-refractivity contribution in [1.82, 2.24) is 20.9 Å². The van der Waals surface area contributed by atoms with Crippen LogP contribution in [0.15, 0.2) is 65.8 Å². The molecule has 41 heavy (non-hydrogen) atoms. The van der Waals surface area contributed by atoms with E-state index in [0.29, 0.717) is 6.42 Å². The number of para-hydroxylation sites is 1. The Morgan fingerprint density at radius 2 is 1.56 bits per heavy atom. The van der Waals surface area contributed by atoms with Gasteiger partial charge < -0.3 is 43.2 Å². The van der Waals surface area contributed by atoms with E-state index in [4.69, 9.17) is 22.3 Å². The number of amides is 3. The van der Waals surface area contributed by atoms with Gasteiger partial charge in [-0.15, -0.1) is 0 Å². The van der Waals surface area contributed by atoms with Crippen molar-refractivity contribution in [3.63, 3.8) is 0 Å². The van der Waals surface area contributed by atoms with Gasteiger partial charge in [0.1, 0.15) is 18.6 Å². The summed E-state index contributed by atoms with van der Waals surface area (Å²) in [6.45, 7) is -0.401. The molecule has 13 nitrogen and oxygen atoms in total. The van der Waals surface area contributed by atoms with Crippen molar-refractivity contribution in [2.75, 3.05) is 13.1 Å². The number of carboxylic acid groups (broad SMARTS) is 1. The number of aromatic amines is 1. The number of hydrogen-bond donors (Lipinski definition) is 8. The number of H-pyrrole nitrogens is 1. The summed E-state index contributed by atoms with van der Waals surface area (Å²) >= 11 is 0. The molecule has 0 bridgehead atoms. The Bertz CT molecular complexity index is 1370. The Labute approximate surface area is 236 Å². The number of rotatable bonds is 15. The highest BCUT2D eigenvalue weighted by Gasteiger charge is 2.29. The molecule has 11 N–H and O–H groups in total. The zero-order valence-electron chi connectivity index (χ0n) is 22.5. The van der Waals surface area contributed by atoms with Crippen molar-refractivity contribution in [2.24, 2.45) is 22.2 Å². The smallest absolute Gasteiger partial charge is 0.322 e. The number of benzene rings is 2. The van der Waals surface area contributed by atoms with Crippen molar-refractivity contribution in [3.8, 4) is 0 Å². The molecule has 3 unspecified atom stereocenters. The molecule has 0 aliphatic rings. The Kier molecular flexibility index (Phi) is 11.2. The molecule has 0 saturated carbocycles. The molecule has 0 aliphatic carbocycles. The molecule has 3 atom stereocenters. The average molecular weight is 565 g/mol. The summed E-state index contributed by atoms with van der Waals surface area (Å²) in [4.78, 5) is 57.5. The minimum Gasteiger partial charge on any atom is -0.480 e. The number of nitrogens with zero attached hydrogens (tertiary/aromatic N) is 1. The van der Waals surface area contributed by atoms with Gasteiger partial charge in [0.25, 0.3) is 0 Å². The third-order valence-electron chi connectivity index (χ3n) is 6.36. The maximum atomic E-state index is 13.5. The van der Waals surface area contributed by atoms with Crippen LogP contribution in [-0.4, -0.2) is 71.0 Å². The van der Waals surface area contributed by atoms with E-state index in [1.54, 1.807) is 6.20 Å². The maximum Gasteiger partial charge on any atom is 0.322 e. The fourth-order valence-corrected chi connectivity index (χ4v) is 4.30. The summed E-state index contributed by atoms with van der Waals surface area (Å²) in [7, 11) is 0. The predicted octanol–water partition coefficient (Wildman–Crippen LogP) is -0.496. The topological polar surface area (TPSA) is 231 Å². The number of aliphatic imine (C=N–C) groups is 1. The van der Waals surface area contributed by atoms with Gasteiger partial charge in [0.15, 0.2) is 5.96 Å². The SMILES string of the molecule is NC(N)=NCCCC(NC(=O)C(N)Cc1ccccc1)C(=O)NC(Cc1c[nH]c2ccccc12)C(=O)NCC(=O)O. The maximum absolute atomic E-state index is 13.5. The van der Waals surface area contributed by atoms with Gasteiger partial charge in [0.05, 0.1) is 6.04 Å². The molecule has 3 rings (SSSR count). The van der Waals surface area contributed by atoms with Crippen LogP contribution in [0.3, 0.4) is 0 Å². The van der Waals surface area contributed by atoms with Crippen LogP contribution in [0.25, 0.3) is 10.9 Å². The zero-order valence-corrected chi connectivity index (χ0v) is 22.5. The third kappa shape index (κ3) is 9.65. The Morgan fingerprint density at radius 3 is 2.27 bits per heavy atom. The summed E-state index contributed by atoms with van der Waals surface area (Å²) in [6, 6.07) is 13.6. The predicted molar refractivity (Wildman–Crippen MR) is 155 cm³/mol. The quantitative estimate of drug-likeness (QED) is 0.0680. The van der Waals surface area contributed by atoms with Crippen molar-refractivity contribution in [1.29, 1.82) is 0 Å². The monoisotopic (exact) mass is 564 g/mol. The lowest BCUT2D eigenvalue weighted by atomic mass is 10.0. The lowest BCUT2D eigenvalue weighted by Crippen LogP contribution is -2.56. The second kappa shape index (κ2) is 15.0. The summed E-state index contributed by atoms with van der Waals surface area (Å²) in [5, 5.41) is 17.6. The molecule has 1 aromatic heterocycles. The first kappa shape index (κ1) is 30.6. The number of aliphatic carboxylic acids is 1. The third-order valence-corrected chi connectivity index (χ3v) is 6.36. The molecule has 3 amide bonds. The highest BCUT2D eigenvalue weighted by molar-refractivity contribution is 5.94. The fraction of sp³-hybridized carbons (Fsp3) is 0.321. The molecular formula is C28H36N8O5. The van der Waals surface area contributed by atoms with Gasteiger partial charge in [-0.1, -0.05) is 48.5 Å². The van der Waals surface area contributed by atoms with Gasteiger partial charge >= 0.3 is 5.97 Å². The summed E-state index contributed by atoms with van der Waals surface area (Å²) < 4.78 is 0. The first-order chi connectivity index (χ1) is 19.6. The van der Waals surface area contributed by atoms with Crippen LogP contribution in [0, 0.1) is 0 Å². The van der Waals surface area contributed by atoms with Crippen LogP contribution >= 0.6 is 0 Å². The number of carboxylic acids is 1. The molecule has 13 heteroatoms. The molecule has 0 radical (unpaired) electrons. The second-order valence-electron chi connectivity index (χ2n) is 9.54. The molecule has 0 spiro atoms. The van der Waals surface area contributed by atoms with Gasteiger partial charge in [-0.25, -0.2) is 0 Å². The number of nitrogens with one attached hydrogen (secondary N) is 4. The van der Waals surface area contributed by atoms with E-state index in [1.165, 1.54) is 0 Å². The van der Waals surface area contributed by atoms with E-state index in [-0.39, 0.29) is 31.8 Å². The molecule has 218 valence electrons. The standard InChI is InChI=1S/C28H36N8O5/c29-20(13-17-7-2-1-3-8-17)25(39)35-22(11-6-12-32-28(30)31)27(41)36-23(26(40)34-16-24(37)38)14-18-15-33-21-10-5-4-9-19(18)21/h1-5,7-10,15,20,22-23,33H,6,11-14,16,29H2,(H,34,40)(H,35,39)(H,36,41)(H,37,38)(H4,30,31,32). The molecular weight excluding hydrogens is 528 g/mol. The minimum atomic E-state index is -1.23. The molecule has 2 aromatic carbocycles. The van der Waals surface area contributed by atoms with Crippen molar-refractivity contribution >= 4 is 40.6 Å². The number of fused-ring (bicyclic) bond motifs is 1. The van der Waals surface area contributed by atoms with Crippen molar-refractivity contribution < 1.29 is 24.3 Å². The van der Waals surface area contributed by atoms with Crippen LogP contribution in [0.2, 0.25) is 0 Å². The van der Waals surface area contributed by atoms with Crippen LogP contribution in [0.5, 0.6) is 0 Å². The van der Waals surface area contributed by atoms with Crippen LogP contribution in [0.1, 0.15) is 24.0 Å². The molecule has 0 fully saturated rings. The van der Waals surface area contributed by atoms with Gasteiger partial charge in [0.2, 0.25) is 17.7 Å². The van der Waals surface area contributed by atoms with Gasteiger partial charge in [0, 0.05) is 30.1 Å². The molecule has 1 heterocycles. The number of nitrogens with two attached hydrogens (primary N) is 3. The molecule has 3 aromatic rings. The summed E-state index contributed by atoms with van der Waals surface area (Å²) in [6.07, 6.45) is 2.57. The number of guanidine groups is 1. The Hall–Kier alpha value is -4.91. The van der Waals surface area contributed by atoms with Crippen molar-refractivity contribution in [3.05, 3.63) is 71.9 Å².